The van der Waals surface area contributed by atoms with Crippen molar-refractivity contribution >= 4 is 24.1 Å². The van der Waals surface area contributed by atoms with Gasteiger partial charge >= 0.3 is 0 Å². The van der Waals surface area contributed by atoms with Crippen LogP contribution in [0.25, 0.3) is 5.57 Å². The van der Waals surface area contributed by atoms with Crippen LogP contribution in [0.15, 0.2) is 30.8 Å². The van der Waals surface area contributed by atoms with Crippen LogP contribution < -0.4 is 10.2 Å². The highest BCUT2D eigenvalue weighted by molar-refractivity contribution is 5.84. The summed E-state index contributed by atoms with van der Waals surface area (Å²) in [4.78, 5) is 22.7. The molecule has 0 bridgehead atoms. The molecule has 0 saturated carbocycles. The predicted molar refractivity (Wildman–Crippen MR) is 73.2 cm³/mol. The van der Waals surface area contributed by atoms with E-state index in [4.69, 9.17) is 0 Å². The maximum Gasteiger partial charge on any atom is 0.213 e. The number of anilines is 1. The van der Waals surface area contributed by atoms with Gasteiger partial charge in [-0.05, 0) is 25.0 Å². The van der Waals surface area contributed by atoms with Gasteiger partial charge in [-0.1, -0.05) is 24.8 Å². The zero-order chi connectivity index (χ0) is 13.5. The molecule has 4 nitrogen and oxygen atoms in total. The number of hydrogen-bond donors (Lipinski definition) is 1. The molecular weight excluding hydrogens is 228 g/mol. The molecule has 4 heteroatoms. The van der Waals surface area contributed by atoms with E-state index in [1.54, 1.807) is 7.05 Å². The van der Waals surface area contributed by atoms with Gasteiger partial charge in [0, 0.05) is 18.7 Å². The minimum atomic E-state index is 0.0181. The summed E-state index contributed by atoms with van der Waals surface area (Å²) in [7, 11) is 1.70. The van der Waals surface area contributed by atoms with Gasteiger partial charge < -0.3 is 10.2 Å². The summed E-state index contributed by atoms with van der Waals surface area (Å²) in [6.45, 7) is 5.93. The Bertz CT molecular complexity index is 443. The molecule has 0 heterocycles. The number of carbonyl (C=O) groups excluding carboxylic acids is 2. The van der Waals surface area contributed by atoms with E-state index in [0.717, 1.165) is 23.2 Å². The predicted octanol–water partition coefficient (Wildman–Crippen LogP) is 1.82. The van der Waals surface area contributed by atoms with Crippen LogP contribution in [0, 0.1) is 0 Å². The van der Waals surface area contributed by atoms with Crippen molar-refractivity contribution < 1.29 is 9.59 Å². The number of nitrogens with one attached hydrogen (secondary N) is 1. The van der Waals surface area contributed by atoms with Crippen LogP contribution in [-0.4, -0.2) is 25.9 Å². The summed E-state index contributed by atoms with van der Waals surface area (Å²) in [6, 6.07) is 7.59. The van der Waals surface area contributed by atoms with Crippen LogP contribution in [0.4, 0.5) is 5.69 Å². The quantitative estimate of drug-likeness (QED) is 0.746. The number of amides is 2. The highest BCUT2D eigenvalue weighted by Crippen LogP contribution is 2.27. The van der Waals surface area contributed by atoms with Crippen LogP contribution in [0.3, 0.4) is 0 Å². The van der Waals surface area contributed by atoms with Crippen LogP contribution in [0.2, 0.25) is 0 Å². The molecule has 1 N–H and O–H groups in total. The van der Waals surface area contributed by atoms with Crippen molar-refractivity contribution in [3.8, 4) is 0 Å². The van der Waals surface area contributed by atoms with E-state index in [-0.39, 0.29) is 6.04 Å². The van der Waals surface area contributed by atoms with Crippen molar-refractivity contribution in [3.63, 3.8) is 0 Å². The Hall–Kier alpha value is -2.10. The first-order valence-corrected chi connectivity index (χ1v) is 5.75. The van der Waals surface area contributed by atoms with Gasteiger partial charge in [-0.3, -0.25) is 9.59 Å². The highest BCUT2D eigenvalue weighted by atomic mass is 16.1. The molecule has 18 heavy (non-hydrogen) atoms. The Morgan fingerprint density at radius 1 is 1.44 bits per heavy atom. The fourth-order valence-electron chi connectivity index (χ4n) is 1.79. The molecule has 0 aliphatic carbocycles. The third kappa shape index (κ3) is 3.45. The molecule has 1 aromatic rings. The molecule has 1 rings (SSSR count). The van der Waals surface area contributed by atoms with Gasteiger partial charge in [-0.25, -0.2) is 0 Å². The number of nitrogens with zero attached hydrogens (tertiary/aromatic N) is 1. The van der Waals surface area contributed by atoms with Crippen LogP contribution in [-0.2, 0) is 9.59 Å². The zero-order valence-electron chi connectivity index (χ0n) is 10.7. The van der Waals surface area contributed by atoms with Gasteiger partial charge in [0.2, 0.25) is 12.8 Å². The maximum absolute atomic E-state index is 10.8. The maximum atomic E-state index is 10.8. The highest BCUT2D eigenvalue weighted by Gasteiger charge is 2.11. The summed E-state index contributed by atoms with van der Waals surface area (Å²) in [5.41, 5.74) is 2.63. The third-order valence-corrected chi connectivity index (χ3v) is 2.73. The molecular formula is C14H18N2O2. The van der Waals surface area contributed by atoms with Gasteiger partial charge in [0.05, 0.1) is 5.69 Å². The summed E-state index contributed by atoms with van der Waals surface area (Å²) in [5, 5.41) is 2.68. The molecule has 0 saturated heterocycles. The number of para-hydroxylation sites is 1. The summed E-state index contributed by atoms with van der Waals surface area (Å²) in [6.07, 6.45) is 2.09. The Balaban J connectivity index is 2.91. The van der Waals surface area contributed by atoms with Crippen molar-refractivity contribution in [1.82, 2.24) is 5.32 Å². The molecule has 0 fully saturated rings. The SMILES string of the molecule is C=C(C[C@@H](C)NC=O)c1ccccc1N(C)C=O. The van der Waals surface area contributed by atoms with E-state index in [0.29, 0.717) is 12.8 Å². The minimum absolute atomic E-state index is 0.0181. The minimum Gasteiger partial charge on any atom is -0.356 e. The third-order valence-electron chi connectivity index (χ3n) is 2.73. The number of hydrogen-bond acceptors (Lipinski definition) is 2. The second kappa shape index (κ2) is 6.59. The second-order valence-corrected chi connectivity index (χ2v) is 4.23. The normalized spacial score (nSPS) is 11.4. The lowest BCUT2D eigenvalue weighted by molar-refractivity contribution is -0.110. The molecule has 2 amide bonds. The summed E-state index contributed by atoms with van der Waals surface area (Å²) < 4.78 is 0. The number of carbonyl (C=O) groups is 2. The Kier molecular flexibility index (Phi) is 5.11. The molecule has 0 unspecified atom stereocenters. The van der Waals surface area contributed by atoms with Gasteiger partial charge in [-0.2, -0.15) is 0 Å². The standard InChI is InChI=1S/C14H18N2O2/c1-11(8-12(2)15-9-17)13-6-4-5-7-14(13)16(3)10-18/h4-7,9-10,12H,1,8H2,2-3H3,(H,15,17)/t12-/m1/s1. The lowest BCUT2D eigenvalue weighted by Gasteiger charge is -2.19. The van der Waals surface area contributed by atoms with Crippen molar-refractivity contribution in [2.45, 2.75) is 19.4 Å². The summed E-state index contributed by atoms with van der Waals surface area (Å²) in [5.74, 6) is 0. The van der Waals surface area contributed by atoms with Crippen LogP contribution in [0.1, 0.15) is 18.9 Å². The molecule has 1 aromatic carbocycles. The molecule has 0 aliphatic heterocycles. The van der Waals surface area contributed by atoms with E-state index in [2.05, 4.69) is 11.9 Å². The summed E-state index contributed by atoms with van der Waals surface area (Å²) >= 11 is 0. The van der Waals surface area contributed by atoms with E-state index in [1.165, 1.54) is 4.90 Å². The van der Waals surface area contributed by atoms with Gasteiger partial charge in [0.1, 0.15) is 0 Å². The number of benzene rings is 1. The lowest BCUT2D eigenvalue weighted by Crippen LogP contribution is -2.24. The van der Waals surface area contributed by atoms with E-state index in [9.17, 15) is 9.59 Å². The molecule has 1 atom stereocenters. The number of rotatable bonds is 7. The van der Waals surface area contributed by atoms with E-state index >= 15 is 0 Å². The lowest BCUT2D eigenvalue weighted by atomic mass is 9.99. The average Bonchev–Trinajstić information content (AvgIpc) is 2.38. The van der Waals surface area contributed by atoms with Crippen molar-refractivity contribution in [1.29, 1.82) is 0 Å². The molecule has 0 aliphatic rings. The van der Waals surface area contributed by atoms with E-state index < -0.39 is 0 Å². The largest absolute Gasteiger partial charge is 0.356 e. The van der Waals surface area contributed by atoms with Crippen molar-refractivity contribution in [3.05, 3.63) is 36.4 Å². The average molecular weight is 246 g/mol. The first kappa shape index (κ1) is 14.0. The van der Waals surface area contributed by atoms with Crippen LogP contribution >= 0.6 is 0 Å². The van der Waals surface area contributed by atoms with Gasteiger partial charge in [0.25, 0.3) is 0 Å². The topological polar surface area (TPSA) is 49.4 Å². The van der Waals surface area contributed by atoms with Gasteiger partial charge in [0.15, 0.2) is 0 Å². The Morgan fingerprint density at radius 3 is 2.72 bits per heavy atom. The Morgan fingerprint density at radius 2 is 2.11 bits per heavy atom. The van der Waals surface area contributed by atoms with E-state index in [1.807, 2.05) is 31.2 Å². The van der Waals surface area contributed by atoms with Crippen molar-refractivity contribution in [2.24, 2.45) is 0 Å². The first-order valence-electron chi connectivity index (χ1n) is 5.75. The van der Waals surface area contributed by atoms with Crippen LogP contribution in [0.5, 0.6) is 0 Å². The second-order valence-electron chi connectivity index (χ2n) is 4.23. The molecule has 96 valence electrons. The fourth-order valence-corrected chi connectivity index (χ4v) is 1.79. The molecule has 0 radical (unpaired) electrons. The molecule has 0 spiro atoms. The van der Waals surface area contributed by atoms with Gasteiger partial charge in [-0.15, -0.1) is 0 Å². The smallest absolute Gasteiger partial charge is 0.213 e. The molecule has 0 aromatic heterocycles. The monoisotopic (exact) mass is 246 g/mol. The first-order chi connectivity index (χ1) is 8.60. The fraction of sp³-hybridized carbons (Fsp3) is 0.286. The Labute approximate surface area is 107 Å². The van der Waals surface area contributed by atoms with Crippen molar-refractivity contribution in [2.75, 3.05) is 11.9 Å². The zero-order valence-corrected chi connectivity index (χ0v) is 10.7.